The van der Waals surface area contributed by atoms with Crippen LogP contribution in [0.4, 0.5) is 13.2 Å². The Labute approximate surface area is 157 Å². The van der Waals surface area contributed by atoms with Crippen LogP contribution in [-0.4, -0.2) is 10.4 Å². The van der Waals surface area contributed by atoms with Gasteiger partial charge in [0.25, 0.3) is 0 Å². The van der Waals surface area contributed by atoms with Crippen LogP contribution < -0.4 is 0 Å². The Morgan fingerprint density at radius 2 is 1.70 bits per heavy atom. The summed E-state index contributed by atoms with van der Waals surface area (Å²) in [5.41, 5.74) is 1.54. The van der Waals surface area contributed by atoms with E-state index >= 15 is 0 Å². The molecule has 0 saturated carbocycles. The van der Waals surface area contributed by atoms with Gasteiger partial charge < -0.3 is 4.57 Å². The molecule has 0 radical (unpaired) electrons. The van der Waals surface area contributed by atoms with E-state index in [0.717, 1.165) is 28.6 Å². The number of aromatic nitrogens is 1. The van der Waals surface area contributed by atoms with Crippen LogP contribution in [0, 0.1) is 0 Å². The first-order valence-electron chi connectivity index (χ1n) is 8.26. The van der Waals surface area contributed by atoms with Gasteiger partial charge in [-0.25, -0.2) is 0 Å². The van der Waals surface area contributed by atoms with Crippen molar-refractivity contribution in [3.63, 3.8) is 0 Å². The van der Waals surface area contributed by atoms with Gasteiger partial charge in [0, 0.05) is 29.2 Å². The second-order valence-electron chi connectivity index (χ2n) is 6.19. The van der Waals surface area contributed by atoms with Crippen molar-refractivity contribution in [3.8, 4) is 0 Å². The number of thiophene rings is 1. The van der Waals surface area contributed by atoms with Crippen LogP contribution in [0.3, 0.4) is 0 Å². The SMILES string of the molecule is O=C(c1cccs1)c1cn(Cc2ccc(C(F)(F)F)cc2)c2ccccc12. The fraction of sp³-hybridized carbons (Fsp3) is 0.0952. The van der Waals surface area contributed by atoms with Crippen molar-refractivity contribution in [2.75, 3.05) is 0 Å². The molecule has 27 heavy (non-hydrogen) atoms. The Balaban J connectivity index is 1.71. The van der Waals surface area contributed by atoms with Crippen molar-refractivity contribution in [2.24, 2.45) is 0 Å². The number of fused-ring (bicyclic) bond motifs is 1. The number of hydrogen-bond acceptors (Lipinski definition) is 2. The molecule has 2 nitrogen and oxygen atoms in total. The predicted molar refractivity (Wildman–Crippen MR) is 100 cm³/mol. The maximum atomic E-state index is 12.8. The number of benzene rings is 2. The first-order valence-corrected chi connectivity index (χ1v) is 9.13. The normalized spacial score (nSPS) is 11.8. The zero-order valence-electron chi connectivity index (χ0n) is 14.0. The zero-order chi connectivity index (χ0) is 19.0. The van der Waals surface area contributed by atoms with E-state index in [9.17, 15) is 18.0 Å². The van der Waals surface area contributed by atoms with Gasteiger partial charge in [-0.2, -0.15) is 13.2 Å². The van der Waals surface area contributed by atoms with E-state index in [1.54, 1.807) is 12.3 Å². The van der Waals surface area contributed by atoms with Gasteiger partial charge in [0.2, 0.25) is 5.78 Å². The molecule has 0 fully saturated rings. The van der Waals surface area contributed by atoms with Crippen LogP contribution >= 0.6 is 11.3 Å². The molecule has 0 spiro atoms. The minimum Gasteiger partial charge on any atom is -0.342 e. The van der Waals surface area contributed by atoms with E-state index in [4.69, 9.17) is 0 Å². The number of nitrogens with zero attached hydrogens (tertiary/aromatic N) is 1. The van der Waals surface area contributed by atoms with Crippen LogP contribution in [0.25, 0.3) is 10.9 Å². The Hall–Kier alpha value is -2.86. The second kappa shape index (κ2) is 6.70. The molecule has 2 aromatic heterocycles. The Morgan fingerprint density at radius 3 is 2.37 bits per heavy atom. The maximum absolute atomic E-state index is 12.8. The Kier molecular flexibility index (Phi) is 4.36. The molecule has 136 valence electrons. The summed E-state index contributed by atoms with van der Waals surface area (Å²) in [5.74, 6) is -0.0487. The number of ketones is 1. The molecule has 6 heteroatoms. The number of hydrogen-bond donors (Lipinski definition) is 0. The molecule has 0 saturated heterocycles. The van der Waals surface area contributed by atoms with E-state index in [-0.39, 0.29) is 5.78 Å². The van der Waals surface area contributed by atoms with Crippen molar-refractivity contribution >= 4 is 28.0 Å². The lowest BCUT2D eigenvalue weighted by molar-refractivity contribution is -0.137. The van der Waals surface area contributed by atoms with Gasteiger partial charge in [-0.3, -0.25) is 4.79 Å². The summed E-state index contributed by atoms with van der Waals surface area (Å²) in [4.78, 5) is 13.5. The number of halogens is 3. The molecule has 0 aliphatic heterocycles. The fourth-order valence-corrected chi connectivity index (χ4v) is 3.77. The zero-order valence-corrected chi connectivity index (χ0v) is 14.8. The average Bonchev–Trinajstić information content (AvgIpc) is 3.30. The lowest BCUT2D eigenvalue weighted by Gasteiger charge is -2.09. The van der Waals surface area contributed by atoms with Crippen molar-refractivity contribution in [1.29, 1.82) is 0 Å². The molecule has 0 unspecified atom stereocenters. The molecular weight excluding hydrogens is 371 g/mol. The summed E-state index contributed by atoms with van der Waals surface area (Å²) in [5, 5.41) is 2.69. The van der Waals surface area contributed by atoms with Gasteiger partial charge in [0.1, 0.15) is 0 Å². The van der Waals surface area contributed by atoms with Gasteiger partial charge in [0.05, 0.1) is 10.4 Å². The molecule has 0 N–H and O–H groups in total. The molecule has 0 aliphatic carbocycles. The fourth-order valence-electron chi connectivity index (χ4n) is 3.09. The van der Waals surface area contributed by atoms with Crippen molar-refractivity contribution < 1.29 is 18.0 Å². The van der Waals surface area contributed by atoms with E-state index in [1.165, 1.54) is 23.5 Å². The van der Waals surface area contributed by atoms with Crippen LogP contribution in [0.2, 0.25) is 0 Å². The minimum absolute atomic E-state index is 0.0487. The van der Waals surface area contributed by atoms with Gasteiger partial charge in [-0.1, -0.05) is 36.4 Å². The largest absolute Gasteiger partial charge is 0.416 e. The van der Waals surface area contributed by atoms with Crippen LogP contribution in [-0.2, 0) is 12.7 Å². The molecule has 4 aromatic rings. The topological polar surface area (TPSA) is 22.0 Å². The minimum atomic E-state index is -4.35. The van der Waals surface area contributed by atoms with Gasteiger partial charge in [-0.05, 0) is 35.2 Å². The third-order valence-electron chi connectivity index (χ3n) is 4.41. The van der Waals surface area contributed by atoms with E-state index in [0.29, 0.717) is 17.0 Å². The molecule has 0 aliphatic rings. The first kappa shape index (κ1) is 17.5. The number of alkyl halides is 3. The highest BCUT2D eigenvalue weighted by Gasteiger charge is 2.30. The molecule has 0 amide bonds. The maximum Gasteiger partial charge on any atom is 0.416 e. The molecule has 0 bridgehead atoms. The van der Waals surface area contributed by atoms with E-state index in [2.05, 4.69) is 0 Å². The number of carbonyl (C=O) groups excluding carboxylic acids is 1. The first-order chi connectivity index (χ1) is 12.9. The number of carbonyl (C=O) groups is 1. The molecule has 2 heterocycles. The summed E-state index contributed by atoms with van der Waals surface area (Å²) < 4.78 is 40.1. The lowest BCUT2D eigenvalue weighted by Crippen LogP contribution is -2.05. The third-order valence-corrected chi connectivity index (χ3v) is 5.28. The lowest BCUT2D eigenvalue weighted by atomic mass is 10.1. The van der Waals surface area contributed by atoms with E-state index in [1.807, 2.05) is 40.3 Å². The highest BCUT2D eigenvalue weighted by molar-refractivity contribution is 7.12. The van der Waals surface area contributed by atoms with Crippen molar-refractivity contribution in [3.05, 3.63) is 93.8 Å². The van der Waals surface area contributed by atoms with Gasteiger partial charge >= 0.3 is 6.18 Å². The average molecular weight is 385 g/mol. The Morgan fingerprint density at radius 1 is 0.963 bits per heavy atom. The summed E-state index contributed by atoms with van der Waals surface area (Å²) in [7, 11) is 0. The smallest absolute Gasteiger partial charge is 0.342 e. The predicted octanol–water partition coefficient (Wildman–Crippen LogP) is 6.00. The number of rotatable bonds is 4. The number of para-hydroxylation sites is 1. The second-order valence-corrected chi connectivity index (χ2v) is 7.14. The van der Waals surface area contributed by atoms with Crippen LogP contribution in [0.15, 0.2) is 72.2 Å². The standard InChI is InChI=1S/C21H14F3NOS/c22-21(23,24)15-9-7-14(8-10-15)12-25-13-17(16-4-1-2-5-18(16)25)20(26)19-6-3-11-27-19/h1-11,13H,12H2. The Bertz CT molecular complexity index is 1090. The molecule has 0 atom stereocenters. The quantitative estimate of drug-likeness (QED) is 0.395. The van der Waals surface area contributed by atoms with Crippen LogP contribution in [0.1, 0.15) is 26.4 Å². The summed E-state index contributed by atoms with van der Waals surface area (Å²) in [6.07, 6.45) is -2.57. The molecule has 2 aromatic carbocycles. The highest BCUT2D eigenvalue weighted by atomic mass is 32.1. The van der Waals surface area contributed by atoms with Crippen molar-refractivity contribution in [1.82, 2.24) is 4.57 Å². The summed E-state index contributed by atoms with van der Waals surface area (Å²) >= 11 is 1.39. The van der Waals surface area contributed by atoms with E-state index < -0.39 is 11.7 Å². The van der Waals surface area contributed by atoms with Crippen LogP contribution in [0.5, 0.6) is 0 Å². The van der Waals surface area contributed by atoms with Gasteiger partial charge in [0.15, 0.2) is 0 Å². The monoisotopic (exact) mass is 385 g/mol. The van der Waals surface area contributed by atoms with Crippen molar-refractivity contribution in [2.45, 2.75) is 12.7 Å². The highest BCUT2D eigenvalue weighted by Crippen LogP contribution is 2.30. The summed E-state index contributed by atoms with van der Waals surface area (Å²) in [6, 6.07) is 16.3. The summed E-state index contributed by atoms with van der Waals surface area (Å²) in [6.45, 7) is 0.385. The molecule has 4 rings (SSSR count). The van der Waals surface area contributed by atoms with Gasteiger partial charge in [-0.15, -0.1) is 11.3 Å². The molecular formula is C21H14F3NOS. The third kappa shape index (κ3) is 3.40.